The highest BCUT2D eigenvalue weighted by molar-refractivity contribution is 9.10. The molecule has 2 heterocycles. The van der Waals surface area contributed by atoms with E-state index in [1.54, 1.807) is 0 Å². The van der Waals surface area contributed by atoms with Gasteiger partial charge in [0.05, 0.1) is 22.5 Å². The van der Waals surface area contributed by atoms with Gasteiger partial charge in [0.2, 0.25) is 0 Å². The van der Waals surface area contributed by atoms with Gasteiger partial charge in [-0.25, -0.2) is 4.98 Å². The van der Waals surface area contributed by atoms with Gasteiger partial charge in [-0.05, 0) is 41.9 Å². The van der Waals surface area contributed by atoms with Crippen LogP contribution in [0.2, 0.25) is 5.15 Å². The van der Waals surface area contributed by atoms with Crippen molar-refractivity contribution in [2.75, 3.05) is 18.5 Å². The summed E-state index contributed by atoms with van der Waals surface area (Å²) in [6, 6.07) is 2.02. The Hall–Kier alpha value is -0.320. The van der Waals surface area contributed by atoms with Crippen LogP contribution in [0.3, 0.4) is 0 Å². The van der Waals surface area contributed by atoms with E-state index in [9.17, 15) is 0 Å². The third-order valence-corrected chi connectivity index (χ3v) is 3.83. The number of anilines is 1. The zero-order chi connectivity index (χ0) is 10.8. The molecule has 1 aromatic heterocycles. The molecule has 1 aromatic rings. The molecule has 0 bridgehead atoms. The van der Waals surface area contributed by atoms with Crippen LogP contribution in [-0.4, -0.2) is 24.7 Å². The molecule has 1 fully saturated rings. The zero-order valence-corrected chi connectivity index (χ0v) is 10.8. The van der Waals surface area contributed by atoms with E-state index in [0.717, 1.165) is 16.7 Å². The number of hydrogen-bond acceptors (Lipinski definition) is 3. The van der Waals surface area contributed by atoms with Gasteiger partial charge in [-0.3, -0.25) is 0 Å². The minimum absolute atomic E-state index is 0.417. The second-order valence-corrected chi connectivity index (χ2v) is 4.82. The van der Waals surface area contributed by atoms with Crippen molar-refractivity contribution in [3.05, 3.63) is 21.9 Å². The van der Waals surface area contributed by atoms with E-state index in [0.29, 0.717) is 11.3 Å². The van der Waals surface area contributed by atoms with Crippen LogP contribution >= 0.6 is 27.5 Å². The molecule has 15 heavy (non-hydrogen) atoms. The van der Waals surface area contributed by atoms with Crippen molar-refractivity contribution >= 4 is 33.2 Å². The monoisotopic (exact) mass is 289 g/mol. The van der Waals surface area contributed by atoms with Crippen LogP contribution in [0.5, 0.6) is 0 Å². The van der Waals surface area contributed by atoms with Crippen LogP contribution in [0.25, 0.3) is 0 Å². The van der Waals surface area contributed by atoms with E-state index >= 15 is 0 Å². The van der Waals surface area contributed by atoms with Gasteiger partial charge in [-0.15, -0.1) is 0 Å². The molecule has 3 nitrogen and oxygen atoms in total. The van der Waals surface area contributed by atoms with Gasteiger partial charge in [-0.1, -0.05) is 11.6 Å². The van der Waals surface area contributed by atoms with Crippen molar-refractivity contribution in [3.63, 3.8) is 0 Å². The predicted molar refractivity (Wildman–Crippen MR) is 66.4 cm³/mol. The molecule has 0 saturated carbocycles. The lowest BCUT2D eigenvalue weighted by Gasteiger charge is -2.26. The van der Waals surface area contributed by atoms with Crippen molar-refractivity contribution in [3.8, 4) is 0 Å². The number of rotatable bonds is 2. The lowest BCUT2D eigenvalue weighted by molar-refractivity contribution is 0.582. The number of halogens is 2. The third-order valence-electron chi connectivity index (χ3n) is 2.70. The molecule has 5 heteroatoms. The Morgan fingerprint density at radius 1 is 1.67 bits per heavy atom. The topological polar surface area (TPSA) is 28.2 Å². The largest absolute Gasteiger partial charge is 0.355 e. The van der Waals surface area contributed by atoms with Gasteiger partial charge < -0.3 is 10.2 Å². The highest BCUT2D eigenvalue weighted by atomic mass is 79.9. The quantitative estimate of drug-likeness (QED) is 0.849. The number of pyridine rings is 1. The van der Waals surface area contributed by atoms with Gasteiger partial charge >= 0.3 is 0 Å². The smallest absolute Gasteiger partial charge is 0.143 e. The molecular weight excluding hydrogens is 277 g/mol. The second-order valence-electron chi connectivity index (χ2n) is 3.61. The van der Waals surface area contributed by atoms with Gasteiger partial charge in [0.25, 0.3) is 0 Å². The number of nitrogens with zero attached hydrogens (tertiary/aromatic N) is 2. The maximum absolute atomic E-state index is 5.87. The van der Waals surface area contributed by atoms with Gasteiger partial charge in [0.15, 0.2) is 0 Å². The van der Waals surface area contributed by atoms with E-state index in [1.807, 2.05) is 19.3 Å². The fourth-order valence-electron chi connectivity index (χ4n) is 1.94. The fourth-order valence-corrected chi connectivity index (χ4v) is 2.38. The average molecular weight is 291 g/mol. The standard InChI is InChI=1S/C10H13BrClN3/c1-13-9-3-2-4-15(9)7-5-8(11)10(12)14-6-7/h5-6,9,13H,2-4H2,1H3. The molecule has 1 saturated heterocycles. The lowest BCUT2D eigenvalue weighted by atomic mass is 10.3. The van der Waals surface area contributed by atoms with Crippen LogP contribution in [0.4, 0.5) is 5.69 Å². The molecule has 1 N–H and O–H groups in total. The van der Waals surface area contributed by atoms with Crippen LogP contribution in [0, 0.1) is 0 Å². The first-order valence-electron chi connectivity index (χ1n) is 4.97. The third kappa shape index (κ3) is 2.27. The summed E-state index contributed by atoms with van der Waals surface area (Å²) in [5.74, 6) is 0. The number of nitrogens with one attached hydrogen (secondary N) is 1. The lowest BCUT2D eigenvalue weighted by Crippen LogP contribution is -2.39. The summed E-state index contributed by atoms with van der Waals surface area (Å²) < 4.78 is 0.850. The molecule has 0 amide bonds. The molecule has 0 aliphatic carbocycles. The first-order chi connectivity index (χ1) is 7.22. The first kappa shape index (κ1) is 11.2. The van der Waals surface area contributed by atoms with Gasteiger partial charge in [-0.2, -0.15) is 0 Å². The Kier molecular flexibility index (Phi) is 3.49. The fraction of sp³-hybridized carbons (Fsp3) is 0.500. The summed E-state index contributed by atoms with van der Waals surface area (Å²) in [5.41, 5.74) is 1.11. The summed E-state index contributed by atoms with van der Waals surface area (Å²) in [6.45, 7) is 1.07. The van der Waals surface area contributed by atoms with Crippen LogP contribution < -0.4 is 10.2 Å². The molecule has 0 aromatic carbocycles. The van der Waals surface area contributed by atoms with Crippen LogP contribution in [-0.2, 0) is 0 Å². The number of hydrogen-bond donors (Lipinski definition) is 1. The van der Waals surface area contributed by atoms with E-state index < -0.39 is 0 Å². The minimum Gasteiger partial charge on any atom is -0.355 e. The van der Waals surface area contributed by atoms with Crippen LogP contribution in [0.15, 0.2) is 16.7 Å². The van der Waals surface area contributed by atoms with Crippen molar-refractivity contribution in [1.82, 2.24) is 10.3 Å². The second kappa shape index (κ2) is 4.68. The predicted octanol–water partition coefficient (Wildman–Crippen LogP) is 2.64. The normalized spacial score (nSPS) is 21.0. The Labute approximate surface area is 103 Å². The Bertz CT molecular complexity index is 359. The molecule has 82 valence electrons. The summed E-state index contributed by atoms with van der Waals surface area (Å²) in [5, 5.41) is 3.81. The van der Waals surface area contributed by atoms with E-state index in [4.69, 9.17) is 11.6 Å². The van der Waals surface area contributed by atoms with Crippen molar-refractivity contribution in [2.45, 2.75) is 19.0 Å². The molecule has 1 atom stereocenters. The van der Waals surface area contributed by atoms with Crippen molar-refractivity contribution in [1.29, 1.82) is 0 Å². The van der Waals surface area contributed by atoms with Crippen LogP contribution in [0.1, 0.15) is 12.8 Å². The summed E-state index contributed by atoms with van der Waals surface area (Å²) in [6.07, 6.45) is 4.63. The van der Waals surface area contributed by atoms with E-state index in [2.05, 4.69) is 31.1 Å². The highest BCUT2D eigenvalue weighted by Gasteiger charge is 2.23. The molecule has 1 aliphatic rings. The summed E-state index contributed by atoms with van der Waals surface area (Å²) in [4.78, 5) is 6.45. The highest BCUT2D eigenvalue weighted by Crippen LogP contribution is 2.28. The molecule has 1 unspecified atom stereocenters. The van der Waals surface area contributed by atoms with Gasteiger partial charge in [0, 0.05) is 6.54 Å². The average Bonchev–Trinajstić information content (AvgIpc) is 2.70. The van der Waals surface area contributed by atoms with Gasteiger partial charge in [0.1, 0.15) is 5.15 Å². The molecule has 0 radical (unpaired) electrons. The first-order valence-corrected chi connectivity index (χ1v) is 6.14. The SMILES string of the molecule is CNC1CCCN1c1cnc(Cl)c(Br)c1. The van der Waals surface area contributed by atoms with E-state index in [-0.39, 0.29) is 0 Å². The maximum atomic E-state index is 5.87. The minimum atomic E-state index is 0.417. The molecule has 0 spiro atoms. The van der Waals surface area contributed by atoms with E-state index in [1.165, 1.54) is 12.8 Å². The molecule has 2 rings (SSSR count). The maximum Gasteiger partial charge on any atom is 0.143 e. The van der Waals surface area contributed by atoms with Crippen molar-refractivity contribution < 1.29 is 0 Å². The Balaban J connectivity index is 2.25. The molecule has 1 aliphatic heterocycles. The zero-order valence-electron chi connectivity index (χ0n) is 8.50. The Morgan fingerprint density at radius 3 is 3.13 bits per heavy atom. The summed E-state index contributed by atoms with van der Waals surface area (Å²) in [7, 11) is 1.99. The van der Waals surface area contributed by atoms with Crippen molar-refractivity contribution in [2.24, 2.45) is 0 Å². The number of aromatic nitrogens is 1. The summed E-state index contributed by atoms with van der Waals surface area (Å²) >= 11 is 9.26. The Morgan fingerprint density at radius 2 is 2.47 bits per heavy atom. The molecular formula is C10H13BrClN3.